The number of carbonyl (C=O) groups excluding carboxylic acids is 1. The summed E-state index contributed by atoms with van der Waals surface area (Å²) in [7, 11) is 0. The van der Waals surface area contributed by atoms with Crippen LogP contribution in [0.2, 0.25) is 0 Å². The third-order valence-electron chi connectivity index (χ3n) is 6.14. The van der Waals surface area contributed by atoms with Gasteiger partial charge < -0.3 is 0 Å². The van der Waals surface area contributed by atoms with Crippen LogP contribution in [0.4, 0.5) is 0 Å². The quantitative estimate of drug-likeness (QED) is 0.208. The lowest BCUT2D eigenvalue weighted by atomic mass is 9.89. The first-order valence-corrected chi connectivity index (χ1v) is 12.0. The van der Waals surface area contributed by atoms with Gasteiger partial charge in [-0.05, 0) is 47.2 Å². The van der Waals surface area contributed by atoms with E-state index in [2.05, 4.69) is 26.0 Å². The Kier molecular flexibility index (Phi) is 5.65. The van der Waals surface area contributed by atoms with Gasteiger partial charge in [0, 0.05) is 31.3 Å². The average molecular weight is 449 g/mol. The van der Waals surface area contributed by atoms with Gasteiger partial charge >= 0.3 is 0 Å². The molecule has 5 rings (SSSR count). The second-order valence-corrected chi connectivity index (χ2v) is 9.74. The second-order valence-electron chi connectivity index (χ2n) is 8.66. The summed E-state index contributed by atoms with van der Waals surface area (Å²) in [6.45, 7) is 4.34. The predicted octanol–water partition coefficient (Wildman–Crippen LogP) is 7.36. The molecule has 0 aliphatic rings. The Morgan fingerprint density at radius 1 is 0.758 bits per heavy atom. The number of hydrogen-bond donors (Lipinski definition) is 0. The largest absolute Gasteiger partial charge is 0.289 e. The lowest BCUT2D eigenvalue weighted by Gasteiger charge is -2.16. The van der Waals surface area contributed by atoms with E-state index in [9.17, 15) is 9.59 Å². The highest BCUT2D eigenvalue weighted by molar-refractivity contribution is 7.24. The van der Waals surface area contributed by atoms with Crippen LogP contribution in [0.1, 0.15) is 52.4 Å². The van der Waals surface area contributed by atoms with Gasteiger partial charge in [0.2, 0.25) is 0 Å². The molecule has 0 unspecified atom stereocenters. The molecule has 0 atom stereocenters. The maximum atomic E-state index is 13.5. The zero-order valence-corrected chi connectivity index (χ0v) is 19.5. The maximum Gasteiger partial charge on any atom is 0.196 e. The van der Waals surface area contributed by atoms with Gasteiger partial charge in [0.05, 0.1) is 0 Å². The van der Waals surface area contributed by atoms with E-state index in [1.54, 1.807) is 11.3 Å². The molecule has 3 heteroatoms. The smallest absolute Gasteiger partial charge is 0.196 e. The molecule has 0 radical (unpaired) electrons. The lowest BCUT2D eigenvalue weighted by Crippen LogP contribution is -2.08. The van der Waals surface area contributed by atoms with Gasteiger partial charge in [-0.3, -0.25) is 9.59 Å². The Morgan fingerprint density at radius 3 is 2.15 bits per heavy atom. The number of fused-ring (bicyclic) bond motifs is 2. The summed E-state index contributed by atoms with van der Waals surface area (Å²) in [5.74, 6) is 0.324. The standard InChI is InChI=1S/C30H24O2S/c1-19(2)23-16-17-27-28(30(32)24-10-6-7-11-26(24)33-27)25(23)18-20-12-14-22(15-13-20)29(31)21-8-4-3-5-9-21/h3-17,19H,18H2,1-2H3. The second kappa shape index (κ2) is 8.76. The number of hydrogen-bond acceptors (Lipinski definition) is 3. The van der Waals surface area contributed by atoms with Crippen LogP contribution >= 0.6 is 11.3 Å². The highest BCUT2D eigenvalue weighted by Gasteiger charge is 2.17. The fourth-order valence-corrected chi connectivity index (χ4v) is 5.55. The monoisotopic (exact) mass is 448 g/mol. The number of rotatable bonds is 5. The van der Waals surface area contributed by atoms with Crippen LogP contribution in [0, 0.1) is 0 Å². The SMILES string of the molecule is CC(C)c1ccc2sc3ccccc3c(=O)c2c1Cc1ccc(C(=O)c2ccccc2)cc1. The summed E-state index contributed by atoms with van der Waals surface area (Å²) >= 11 is 1.67. The van der Waals surface area contributed by atoms with Gasteiger partial charge in [-0.1, -0.05) is 86.6 Å². The molecule has 0 saturated heterocycles. The minimum absolute atomic E-state index is 0.0188. The molecule has 0 aliphatic heterocycles. The highest BCUT2D eigenvalue weighted by atomic mass is 32.1. The van der Waals surface area contributed by atoms with Gasteiger partial charge in [0.1, 0.15) is 0 Å². The third kappa shape index (κ3) is 4.01. The molecule has 1 aromatic heterocycles. The molecule has 0 saturated carbocycles. The van der Waals surface area contributed by atoms with Crippen LogP contribution in [0.5, 0.6) is 0 Å². The van der Waals surface area contributed by atoms with Crippen molar-refractivity contribution in [3.63, 3.8) is 0 Å². The van der Waals surface area contributed by atoms with Crippen molar-refractivity contribution in [3.05, 3.63) is 129 Å². The van der Waals surface area contributed by atoms with Crippen LogP contribution in [0.15, 0.2) is 95.8 Å². The Hall–Kier alpha value is -3.56. The van der Waals surface area contributed by atoms with Gasteiger partial charge in [-0.2, -0.15) is 0 Å². The number of ketones is 1. The molecular weight excluding hydrogens is 424 g/mol. The van der Waals surface area contributed by atoms with Crippen molar-refractivity contribution >= 4 is 37.3 Å². The topological polar surface area (TPSA) is 34.1 Å². The van der Waals surface area contributed by atoms with Crippen LogP contribution in [0.25, 0.3) is 20.2 Å². The summed E-state index contributed by atoms with van der Waals surface area (Å²) < 4.78 is 2.04. The van der Waals surface area contributed by atoms with Crippen LogP contribution in [0.3, 0.4) is 0 Å². The minimum atomic E-state index is 0.0188. The van der Waals surface area contributed by atoms with Gasteiger partial charge in [0.25, 0.3) is 0 Å². The minimum Gasteiger partial charge on any atom is -0.289 e. The summed E-state index contributed by atoms with van der Waals surface area (Å²) in [5.41, 5.74) is 4.85. The molecule has 2 nitrogen and oxygen atoms in total. The summed E-state index contributed by atoms with van der Waals surface area (Å²) in [5, 5.41) is 1.61. The fraction of sp³-hybridized carbons (Fsp3) is 0.133. The molecule has 0 spiro atoms. The predicted molar refractivity (Wildman–Crippen MR) is 139 cm³/mol. The Morgan fingerprint density at radius 2 is 1.42 bits per heavy atom. The zero-order chi connectivity index (χ0) is 22.9. The first-order chi connectivity index (χ1) is 16.0. The summed E-state index contributed by atoms with van der Waals surface area (Å²) in [6, 6.07) is 29.2. The van der Waals surface area contributed by atoms with E-state index in [-0.39, 0.29) is 11.2 Å². The number of benzene rings is 4. The van der Waals surface area contributed by atoms with Crippen LogP contribution in [-0.2, 0) is 6.42 Å². The van der Waals surface area contributed by atoms with E-state index < -0.39 is 0 Å². The molecule has 0 fully saturated rings. The van der Waals surface area contributed by atoms with Crippen molar-refractivity contribution in [2.45, 2.75) is 26.2 Å². The molecule has 0 aliphatic carbocycles. The Balaban J connectivity index is 1.59. The Bertz CT molecular complexity index is 1530. The van der Waals surface area contributed by atoms with Gasteiger partial charge in [-0.15, -0.1) is 11.3 Å². The van der Waals surface area contributed by atoms with Crippen molar-refractivity contribution in [2.75, 3.05) is 0 Å². The molecule has 1 heterocycles. The van der Waals surface area contributed by atoms with Crippen molar-refractivity contribution in [3.8, 4) is 0 Å². The fourth-order valence-electron chi connectivity index (χ4n) is 4.44. The van der Waals surface area contributed by atoms with Gasteiger partial charge in [0.15, 0.2) is 11.2 Å². The molecule has 0 amide bonds. The van der Waals surface area contributed by atoms with E-state index in [4.69, 9.17) is 0 Å². The summed E-state index contributed by atoms with van der Waals surface area (Å²) in [4.78, 5) is 26.3. The first-order valence-electron chi connectivity index (χ1n) is 11.2. The summed E-state index contributed by atoms with van der Waals surface area (Å²) in [6.07, 6.45) is 0.658. The van der Waals surface area contributed by atoms with Crippen LogP contribution in [-0.4, -0.2) is 5.78 Å². The molecule has 5 aromatic rings. The maximum absolute atomic E-state index is 13.5. The van der Waals surface area contributed by atoms with Crippen molar-refractivity contribution < 1.29 is 4.79 Å². The highest BCUT2D eigenvalue weighted by Crippen LogP contribution is 2.32. The lowest BCUT2D eigenvalue weighted by molar-refractivity contribution is 0.103. The normalized spacial score (nSPS) is 11.4. The van der Waals surface area contributed by atoms with Gasteiger partial charge in [-0.25, -0.2) is 0 Å². The van der Waals surface area contributed by atoms with Crippen molar-refractivity contribution in [2.24, 2.45) is 0 Å². The molecule has 4 aromatic carbocycles. The average Bonchev–Trinajstić information content (AvgIpc) is 2.84. The van der Waals surface area contributed by atoms with E-state index >= 15 is 0 Å². The molecule has 0 N–H and O–H groups in total. The molecule has 33 heavy (non-hydrogen) atoms. The number of carbonyl (C=O) groups is 1. The van der Waals surface area contributed by atoms with E-state index in [1.807, 2.05) is 78.9 Å². The molecular formula is C30H24O2S. The third-order valence-corrected chi connectivity index (χ3v) is 7.28. The first kappa shape index (κ1) is 21.3. The Labute approximate surface area is 197 Å². The van der Waals surface area contributed by atoms with E-state index in [0.717, 1.165) is 31.3 Å². The van der Waals surface area contributed by atoms with E-state index in [0.29, 0.717) is 23.5 Å². The van der Waals surface area contributed by atoms with Crippen LogP contribution < -0.4 is 5.43 Å². The zero-order valence-electron chi connectivity index (χ0n) is 18.7. The van der Waals surface area contributed by atoms with Crippen molar-refractivity contribution in [1.29, 1.82) is 0 Å². The van der Waals surface area contributed by atoms with Crippen molar-refractivity contribution in [1.82, 2.24) is 0 Å². The van der Waals surface area contributed by atoms with E-state index in [1.165, 1.54) is 5.56 Å². The molecule has 162 valence electrons. The molecule has 0 bridgehead atoms.